The van der Waals surface area contributed by atoms with Crippen molar-refractivity contribution in [1.29, 1.82) is 0 Å². The molecule has 0 N–H and O–H groups in total. The lowest BCUT2D eigenvalue weighted by molar-refractivity contribution is 0.581. The monoisotopic (exact) mass is 356 g/mol. The minimum atomic E-state index is -1.25. The molecule has 20 heavy (non-hydrogen) atoms. The number of hydrogen-bond acceptors (Lipinski definition) is 1. The van der Waals surface area contributed by atoms with E-state index in [9.17, 15) is 13.0 Å². The van der Waals surface area contributed by atoms with E-state index in [0.29, 0.717) is 5.75 Å². The summed E-state index contributed by atoms with van der Waals surface area (Å²) in [5.74, 6) is -0.940. The Morgan fingerprint density at radius 1 is 1.10 bits per heavy atom. The lowest BCUT2D eigenvalue weighted by Crippen LogP contribution is -1.91. The molecule has 0 spiro atoms. The quantitative estimate of drug-likeness (QED) is 0.779. The van der Waals surface area contributed by atoms with E-state index in [-0.39, 0.29) is 5.56 Å². The van der Waals surface area contributed by atoms with Crippen LogP contribution in [0.25, 0.3) is 6.08 Å². The summed E-state index contributed by atoms with van der Waals surface area (Å²) < 4.78 is 38.9. The first-order valence-electron chi connectivity index (χ1n) is 5.79. The molecule has 0 saturated heterocycles. The van der Waals surface area contributed by atoms with Gasteiger partial charge in [-0.25, -0.2) is 8.78 Å². The smallest absolute Gasteiger partial charge is 0.133 e. The predicted octanol–water partition coefficient (Wildman–Crippen LogP) is 4.65. The SMILES string of the molecule is O=S(C=Cc1ccc(F)cc1F)Cc1ccc(Br)cc1. The van der Waals surface area contributed by atoms with Gasteiger partial charge in [-0.3, -0.25) is 4.21 Å². The van der Waals surface area contributed by atoms with Gasteiger partial charge in [0.15, 0.2) is 0 Å². The molecule has 0 amide bonds. The zero-order valence-electron chi connectivity index (χ0n) is 10.4. The van der Waals surface area contributed by atoms with Crippen molar-refractivity contribution >= 4 is 32.8 Å². The third kappa shape index (κ3) is 4.35. The van der Waals surface area contributed by atoms with Crippen molar-refractivity contribution in [3.8, 4) is 0 Å². The van der Waals surface area contributed by atoms with E-state index >= 15 is 0 Å². The highest BCUT2D eigenvalue weighted by Gasteiger charge is 2.02. The summed E-state index contributed by atoms with van der Waals surface area (Å²) in [7, 11) is -1.25. The van der Waals surface area contributed by atoms with E-state index in [4.69, 9.17) is 0 Å². The summed E-state index contributed by atoms with van der Waals surface area (Å²) in [5, 5.41) is 1.42. The Kier molecular flexibility index (Phi) is 5.20. The molecule has 2 rings (SSSR count). The summed E-state index contributed by atoms with van der Waals surface area (Å²) in [6.45, 7) is 0. The minimum absolute atomic E-state index is 0.218. The lowest BCUT2D eigenvalue weighted by atomic mass is 10.2. The molecule has 0 heterocycles. The van der Waals surface area contributed by atoms with Gasteiger partial charge in [0.25, 0.3) is 0 Å². The maximum Gasteiger partial charge on any atom is 0.133 e. The zero-order chi connectivity index (χ0) is 14.5. The molecular formula is C15H11BrF2OS. The molecule has 0 aliphatic heterocycles. The van der Waals surface area contributed by atoms with Crippen molar-refractivity contribution < 1.29 is 13.0 Å². The van der Waals surface area contributed by atoms with Crippen LogP contribution in [0.2, 0.25) is 0 Å². The van der Waals surface area contributed by atoms with Gasteiger partial charge in [0, 0.05) is 21.5 Å². The van der Waals surface area contributed by atoms with Gasteiger partial charge in [-0.15, -0.1) is 0 Å². The predicted molar refractivity (Wildman–Crippen MR) is 81.4 cm³/mol. The van der Waals surface area contributed by atoms with Crippen molar-refractivity contribution in [3.05, 3.63) is 75.1 Å². The van der Waals surface area contributed by atoms with Crippen LogP contribution in [-0.4, -0.2) is 4.21 Å². The van der Waals surface area contributed by atoms with E-state index in [1.807, 2.05) is 24.3 Å². The van der Waals surface area contributed by atoms with Crippen LogP contribution in [0.1, 0.15) is 11.1 Å². The molecule has 0 aliphatic rings. The average molecular weight is 357 g/mol. The topological polar surface area (TPSA) is 17.1 Å². The number of halogens is 3. The standard InChI is InChI=1S/C15H11BrF2OS/c16-13-4-1-11(2-5-13)10-20(19)8-7-12-3-6-14(17)9-15(12)18/h1-9H,10H2. The number of hydrogen-bond donors (Lipinski definition) is 0. The fourth-order valence-corrected chi connectivity index (χ4v) is 2.76. The van der Waals surface area contributed by atoms with Crippen LogP contribution in [0.3, 0.4) is 0 Å². The van der Waals surface area contributed by atoms with Gasteiger partial charge >= 0.3 is 0 Å². The highest BCUT2D eigenvalue weighted by molar-refractivity contribution is 9.10. The van der Waals surface area contributed by atoms with Crippen molar-refractivity contribution in [1.82, 2.24) is 0 Å². The van der Waals surface area contributed by atoms with Gasteiger partial charge in [0.1, 0.15) is 11.6 Å². The molecule has 1 atom stereocenters. The van der Waals surface area contributed by atoms with Crippen LogP contribution in [0, 0.1) is 11.6 Å². The van der Waals surface area contributed by atoms with E-state index in [2.05, 4.69) is 15.9 Å². The molecule has 1 unspecified atom stereocenters. The Bertz CT molecular complexity index is 653. The second kappa shape index (κ2) is 6.90. The van der Waals surface area contributed by atoms with E-state index in [1.54, 1.807) is 0 Å². The van der Waals surface area contributed by atoms with Crippen molar-refractivity contribution in [3.63, 3.8) is 0 Å². The maximum atomic E-state index is 13.4. The molecule has 0 fully saturated rings. The van der Waals surface area contributed by atoms with Crippen LogP contribution < -0.4 is 0 Å². The van der Waals surface area contributed by atoms with Gasteiger partial charge in [-0.1, -0.05) is 28.1 Å². The molecule has 0 radical (unpaired) electrons. The summed E-state index contributed by atoms with van der Waals surface area (Å²) in [6.07, 6.45) is 1.41. The summed E-state index contributed by atoms with van der Waals surface area (Å²) >= 11 is 3.32. The van der Waals surface area contributed by atoms with Gasteiger partial charge in [-0.05, 0) is 35.9 Å². The van der Waals surface area contributed by atoms with Gasteiger partial charge in [0.05, 0.1) is 16.6 Å². The van der Waals surface area contributed by atoms with Crippen molar-refractivity contribution in [2.45, 2.75) is 5.75 Å². The maximum absolute atomic E-state index is 13.4. The molecule has 1 nitrogen and oxygen atoms in total. The fraction of sp³-hybridized carbons (Fsp3) is 0.0667. The Morgan fingerprint density at radius 3 is 2.45 bits per heavy atom. The van der Waals surface area contributed by atoms with Crippen LogP contribution >= 0.6 is 15.9 Å². The molecule has 2 aromatic carbocycles. The molecule has 2 aromatic rings. The first-order valence-corrected chi connectivity index (χ1v) is 7.97. The Labute approximate surface area is 126 Å². The van der Waals surface area contributed by atoms with E-state index < -0.39 is 22.4 Å². The molecule has 0 bridgehead atoms. The second-order valence-corrected chi connectivity index (χ2v) is 6.36. The Morgan fingerprint density at radius 2 is 1.80 bits per heavy atom. The summed E-state index contributed by atoms with van der Waals surface area (Å²) in [6, 6.07) is 10.8. The lowest BCUT2D eigenvalue weighted by Gasteiger charge is -1.99. The third-order valence-electron chi connectivity index (χ3n) is 2.58. The van der Waals surface area contributed by atoms with Crippen LogP contribution in [0.5, 0.6) is 0 Å². The first kappa shape index (κ1) is 15.1. The van der Waals surface area contributed by atoms with Crippen molar-refractivity contribution in [2.24, 2.45) is 0 Å². The molecule has 0 aromatic heterocycles. The van der Waals surface area contributed by atoms with E-state index in [1.165, 1.54) is 23.6 Å². The second-order valence-electron chi connectivity index (χ2n) is 4.12. The highest BCUT2D eigenvalue weighted by atomic mass is 79.9. The van der Waals surface area contributed by atoms with Gasteiger partial charge in [0.2, 0.25) is 0 Å². The third-order valence-corrected chi connectivity index (χ3v) is 4.17. The Balaban J connectivity index is 2.03. The van der Waals surface area contributed by atoms with E-state index in [0.717, 1.165) is 16.1 Å². The first-order chi connectivity index (χ1) is 9.54. The minimum Gasteiger partial charge on any atom is -0.255 e. The fourth-order valence-electron chi connectivity index (χ4n) is 1.58. The molecule has 5 heteroatoms. The largest absolute Gasteiger partial charge is 0.255 e. The Hall–Kier alpha value is -1.33. The van der Waals surface area contributed by atoms with Gasteiger partial charge in [-0.2, -0.15) is 0 Å². The number of benzene rings is 2. The molecule has 0 saturated carbocycles. The summed E-state index contributed by atoms with van der Waals surface area (Å²) in [5.41, 5.74) is 1.14. The molecular weight excluding hydrogens is 346 g/mol. The van der Waals surface area contributed by atoms with Crippen LogP contribution in [0.15, 0.2) is 52.3 Å². The average Bonchev–Trinajstić information content (AvgIpc) is 2.40. The zero-order valence-corrected chi connectivity index (χ0v) is 12.8. The normalized spacial score (nSPS) is 12.8. The summed E-state index contributed by atoms with van der Waals surface area (Å²) in [4.78, 5) is 0. The van der Waals surface area contributed by atoms with Crippen molar-refractivity contribution in [2.75, 3.05) is 0 Å². The highest BCUT2D eigenvalue weighted by Crippen LogP contribution is 2.14. The van der Waals surface area contributed by atoms with Gasteiger partial charge < -0.3 is 0 Å². The number of rotatable bonds is 4. The molecule has 0 aliphatic carbocycles. The van der Waals surface area contributed by atoms with Crippen LogP contribution in [0.4, 0.5) is 8.78 Å². The van der Waals surface area contributed by atoms with Crippen LogP contribution in [-0.2, 0) is 16.6 Å². The molecule has 104 valence electrons.